The molecule has 1 aromatic carbocycles. The van der Waals surface area contributed by atoms with Crippen molar-refractivity contribution in [2.24, 2.45) is 0 Å². The summed E-state index contributed by atoms with van der Waals surface area (Å²) < 4.78 is 39.5. The molecule has 1 N–H and O–H groups in total. The van der Waals surface area contributed by atoms with E-state index >= 15 is 0 Å². The predicted molar refractivity (Wildman–Crippen MR) is 73.7 cm³/mol. The Labute approximate surface area is 121 Å². The van der Waals surface area contributed by atoms with Gasteiger partial charge >= 0.3 is 6.18 Å². The Bertz CT molecular complexity index is 594. The second-order valence-corrected chi connectivity index (χ2v) is 4.69. The fourth-order valence-electron chi connectivity index (χ4n) is 2.10. The Morgan fingerprint density at radius 2 is 1.76 bits per heavy atom. The molecule has 2 rings (SSSR count). The molecule has 1 atom stereocenters. The lowest BCUT2D eigenvalue weighted by atomic mass is 9.99. The number of benzene rings is 1. The SMILES string of the molecule is CCNC(c1ncc(C)cn1)c1ccccc1C(F)(F)F. The monoisotopic (exact) mass is 295 g/mol. The third-order valence-corrected chi connectivity index (χ3v) is 3.04. The average Bonchev–Trinajstić information content (AvgIpc) is 2.45. The highest BCUT2D eigenvalue weighted by molar-refractivity contribution is 5.35. The van der Waals surface area contributed by atoms with Gasteiger partial charge in [0.1, 0.15) is 5.82 Å². The molecule has 21 heavy (non-hydrogen) atoms. The lowest BCUT2D eigenvalue weighted by Gasteiger charge is -2.21. The van der Waals surface area contributed by atoms with Crippen LogP contribution in [0, 0.1) is 6.92 Å². The summed E-state index contributed by atoms with van der Waals surface area (Å²) in [6.07, 6.45) is -1.21. The molecule has 0 aliphatic carbocycles. The molecule has 0 bridgehead atoms. The summed E-state index contributed by atoms with van der Waals surface area (Å²) in [6.45, 7) is 4.17. The van der Waals surface area contributed by atoms with E-state index in [1.165, 1.54) is 12.1 Å². The molecule has 6 heteroatoms. The van der Waals surface area contributed by atoms with Crippen LogP contribution in [0.4, 0.5) is 13.2 Å². The Hall–Kier alpha value is -1.95. The smallest absolute Gasteiger partial charge is 0.304 e. The van der Waals surface area contributed by atoms with Gasteiger partial charge in [-0.1, -0.05) is 25.1 Å². The number of nitrogens with zero attached hydrogens (tertiary/aromatic N) is 2. The van der Waals surface area contributed by atoms with Crippen molar-refractivity contribution in [1.82, 2.24) is 15.3 Å². The van der Waals surface area contributed by atoms with Crippen LogP contribution < -0.4 is 5.32 Å². The van der Waals surface area contributed by atoms with Crippen molar-refractivity contribution >= 4 is 0 Å². The van der Waals surface area contributed by atoms with Crippen LogP contribution in [0.2, 0.25) is 0 Å². The number of aryl methyl sites for hydroxylation is 1. The molecule has 0 saturated carbocycles. The minimum atomic E-state index is -4.41. The van der Waals surface area contributed by atoms with Crippen LogP contribution in [-0.2, 0) is 6.18 Å². The van der Waals surface area contributed by atoms with Crippen molar-refractivity contribution in [2.75, 3.05) is 6.54 Å². The van der Waals surface area contributed by atoms with Gasteiger partial charge in [-0.05, 0) is 30.7 Å². The van der Waals surface area contributed by atoms with Gasteiger partial charge in [-0.15, -0.1) is 0 Å². The zero-order chi connectivity index (χ0) is 15.5. The number of nitrogens with one attached hydrogen (secondary N) is 1. The second-order valence-electron chi connectivity index (χ2n) is 4.69. The molecule has 0 aliphatic rings. The van der Waals surface area contributed by atoms with E-state index < -0.39 is 17.8 Å². The van der Waals surface area contributed by atoms with Gasteiger partial charge < -0.3 is 5.32 Å². The average molecular weight is 295 g/mol. The van der Waals surface area contributed by atoms with E-state index in [1.807, 2.05) is 13.8 Å². The van der Waals surface area contributed by atoms with Gasteiger partial charge in [-0.25, -0.2) is 9.97 Å². The van der Waals surface area contributed by atoms with E-state index in [9.17, 15) is 13.2 Å². The normalized spacial score (nSPS) is 13.2. The van der Waals surface area contributed by atoms with Crippen molar-refractivity contribution in [3.63, 3.8) is 0 Å². The van der Waals surface area contributed by atoms with Crippen LogP contribution in [0.25, 0.3) is 0 Å². The molecule has 1 unspecified atom stereocenters. The van der Waals surface area contributed by atoms with Gasteiger partial charge in [0.05, 0.1) is 11.6 Å². The maximum Gasteiger partial charge on any atom is 0.416 e. The topological polar surface area (TPSA) is 37.8 Å². The summed E-state index contributed by atoms with van der Waals surface area (Å²) in [5.74, 6) is 0.333. The molecule has 0 aliphatic heterocycles. The van der Waals surface area contributed by atoms with E-state index in [4.69, 9.17) is 0 Å². The molecule has 0 spiro atoms. The summed E-state index contributed by atoms with van der Waals surface area (Å²) in [5, 5.41) is 3.02. The number of halogens is 3. The molecule has 1 aromatic heterocycles. The Balaban J connectivity index is 2.51. The van der Waals surface area contributed by atoms with Crippen molar-refractivity contribution in [2.45, 2.75) is 26.1 Å². The fourth-order valence-corrected chi connectivity index (χ4v) is 2.10. The van der Waals surface area contributed by atoms with E-state index in [2.05, 4.69) is 15.3 Å². The highest BCUT2D eigenvalue weighted by Crippen LogP contribution is 2.35. The number of hydrogen-bond acceptors (Lipinski definition) is 3. The summed E-state index contributed by atoms with van der Waals surface area (Å²) in [7, 11) is 0. The van der Waals surface area contributed by atoms with E-state index in [0.717, 1.165) is 11.6 Å². The van der Waals surface area contributed by atoms with Gasteiger partial charge in [0.2, 0.25) is 0 Å². The van der Waals surface area contributed by atoms with Gasteiger partial charge in [0.25, 0.3) is 0 Å². The first-order valence-corrected chi connectivity index (χ1v) is 6.61. The molecular weight excluding hydrogens is 279 g/mol. The molecule has 1 heterocycles. The molecule has 112 valence electrons. The largest absolute Gasteiger partial charge is 0.416 e. The van der Waals surface area contributed by atoms with Gasteiger partial charge in [-0.2, -0.15) is 13.2 Å². The zero-order valence-corrected chi connectivity index (χ0v) is 11.8. The van der Waals surface area contributed by atoms with E-state index in [0.29, 0.717) is 12.4 Å². The van der Waals surface area contributed by atoms with Crippen LogP contribution in [0.3, 0.4) is 0 Å². The molecule has 0 fully saturated rings. The minimum Gasteiger partial charge on any atom is -0.304 e. The highest BCUT2D eigenvalue weighted by atomic mass is 19.4. The number of rotatable bonds is 4. The minimum absolute atomic E-state index is 0.135. The predicted octanol–water partition coefficient (Wildman–Crippen LogP) is 3.50. The van der Waals surface area contributed by atoms with Crippen LogP contribution in [0.1, 0.15) is 35.5 Å². The summed E-state index contributed by atoms with van der Waals surface area (Å²) in [5.41, 5.74) is 0.328. The highest BCUT2D eigenvalue weighted by Gasteiger charge is 2.35. The van der Waals surface area contributed by atoms with Crippen LogP contribution in [0.15, 0.2) is 36.7 Å². The Morgan fingerprint density at radius 3 is 2.33 bits per heavy atom. The number of hydrogen-bond donors (Lipinski definition) is 1. The molecule has 3 nitrogen and oxygen atoms in total. The maximum absolute atomic E-state index is 13.2. The number of aromatic nitrogens is 2. The zero-order valence-electron chi connectivity index (χ0n) is 11.8. The first-order valence-electron chi connectivity index (χ1n) is 6.61. The lowest BCUT2D eigenvalue weighted by Crippen LogP contribution is -2.26. The first-order chi connectivity index (χ1) is 9.93. The molecule has 0 radical (unpaired) electrons. The molecule has 0 saturated heterocycles. The summed E-state index contributed by atoms with van der Waals surface area (Å²) >= 11 is 0. The van der Waals surface area contributed by atoms with Crippen molar-refractivity contribution < 1.29 is 13.2 Å². The maximum atomic E-state index is 13.2. The molecule has 0 amide bonds. The van der Waals surface area contributed by atoms with Gasteiger partial charge in [0.15, 0.2) is 0 Å². The molecule has 2 aromatic rings. The third-order valence-electron chi connectivity index (χ3n) is 3.04. The van der Waals surface area contributed by atoms with Crippen molar-refractivity contribution in [1.29, 1.82) is 0 Å². The quantitative estimate of drug-likeness (QED) is 0.938. The van der Waals surface area contributed by atoms with Gasteiger partial charge in [-0.3, -0.25) is 0 Å². The van der Waals surface area contributed by atoms with Crippen molar-refractivity contribution in [3.8, 4) is 0 Å². The lowest BCUT2D eigenvalue weighted by molar-refractivity contribution is -0.138. The van der Waals surface area contributed by atoms with E-state index in [1.54, 1.807) is 18.5 Å². The first kappa shape index (κ1) is 15.4. The number of alkyl halides is 3. The second kappa shape index (κ2) is 6.22. The Kier molecular flexibility index (Phi) is 4.57. The third kappa shape index (κ3) is 3.58. The standard InChI is InChI=1S/C15H16F3N3/c1-3-19-13(14-20-8-10(2)9-21-14)11-6-4-5-7-12(11)15(16,17)18/h4-9,13,19H,3H2,1-2H3. The summed E-state index contributed by atoms with van der Waals surface area (Å²) in [6, 6.07) is 4.82. The van der Waals surface area contributed by atoms with Crippen LogP contribution >= 0.6 is 0 Å². The van der Waals surface area contributed by atoms with Crippen LogP contribution in [0.5, 0.6) is 0 Å². The van der Waals surface area contributed by atoms with E-state index in [-0.39, 0.29) is 5.56 Å². The van der Waals surface area contributed by atoms with Crippen LogP contribution in [-0.4, -0.2) is 16.5 Å². The molecular formula is C15H16F3N3. The summed E-state index contributed by atoms with van der Waals surface area (Å²) in [4.78, 5) is 8.31. The fraction of sp³-hybridized carbons (Fsp3) is 0.333. The van der Waals surface area contributed by atoms with Crippen molar-refractivity contribution in [3.05, 3.63) is 59.2 Å². The Morgan fingerprint density at radius 1 is 1.14 bits per heavy atom. The van der Waals surface area contributed by atoms with Gasteiger partial charge in [0, 0.05) is 12.4 Å².